The maximum absolute atomic E-state index is 12.0. The Morgan fingerprint density at radius 1 is 1.17 bits per heavy atom. The van der Waals surface area contributed by atoms with Crippen molar-refractivity contribution in [3.63, 3.8) is 0 Å². The number of nitrogens with one attached hydrogen (secondary N) is 1. The first-order chi connectivity index (χ1) is 11.5. The molecule has 0 aliphatic carbocycles. The van der Waals surface area contributed by atoms with E-state index in [-0.39, 0.29) is 12.1 Å². The zero-order valence-corrected chi connectivity index (χ0v) is 15.3. The van der Waals surface area contributed by atoms with Gasteiger partial charge in [-0.1, -0.05) is 12.1 Å². The van der Waals surface area contributed by atoms with E-state index in [0.717, 1.165) is 5.56 Å². The van der Waals surface area contributed by atoms with Crippen LogP contribution in [0.4, 0.5) is 0 Å². The highest BCUT2D eigenvalue weighted by Crippen LogP contribution is 2.25. The zero-order chi connectivity index (χ0) is 17.2. The van der Waals surface area contributed by atoms with Crippen LogP contribution in [0.2, 0.25) is 0 Å². The van der Waals surface area contributed by atoms with Gasteiger partial charge in [-0.3, -0.25) is 0 Å². The second kappa shape index (κ2) is 7.23. The third kappa shape index (κ3) is 3.97. The standard InChI is InChI=1S/C17H21NO4S2/c1-12(2)24(19,20)18-16-9-21-10-17(16)22-15-5-3-13(4-6-15)14-7-8-23-11-14/h3-8,11-12,16-18H,9-10H2,1-2H3/t16?,17-/m0/s1. The van der Waals surface area contributed by atoms with Gasteiger partial charge in [0.1, 0.15) is 11.9 Å². The van der Waals surface area contributed by atoms with E-state index < -0.39 is 15.3 Å². The van der Waals surface area contributed by atoms with Crippen LogP contribution in [-0.4, -0.2) is 39.0 Å². The molecule has 2 heterocycles. The monoisotopic (exact) mass is 367 g/mol. The maximum Gasteiger partial charge on any atom is 0.214 e. The van der Waals surface area contributed by atoms with Gasteiger partial charge in [0, 0.05) is 0 Å². The highest BCUT2D eigenvalue weighted by Gasteiger charge is 2.34. The minimum atomic E-state index is -3.35. The molecular weight excluding hydrogens is 346 g/mol. The molecule has 1 aliphatic heterocycles. The van der Waals surface area contributed by atoms with Crippen molar-refractivity contribution in [2.24, 2.45) is 0 Å². The van der Waals surface area contributed by atoms with Crippen molar-refractivity contribution in [1.82, 2.24) is 4.72 Å². The Morgan fingerprint density at radius 2 is 1.92 bits per heavy atom. The molecule has 0 bridgehead atoms. The molecule has 2 atom stereocenters. The van der Waals surface area contributed by atoms with Gasteiger partial charge >= 0.3 is 0 Å². The molecule has 1 aromatic heterocycles. The molecular formula is C17H21NO4S2. The van der Waals surface area contributed by atoms with E-state index >= 15 is 0 Å². The van der Waals surface area contributed by atoms with Gasteiger partial charge in [-0.25, -0.2) is 13.1 Å². The van der Waals surface area contributed by atoms with E-state index in [9.17, 15) is 8.42 Å². The van der Waals surface area contributed by atoms with Crippen molar-refractivity contribution in [2.45, 2.75) is 31.2 Å². The Labute approximate surface area is 146 Å². The van der Waals surface area contributed by atoms with Crippen molar-refractivity contribution < 1.29 is 17.9 Å². The van der Waals surface area contributed by atoms with Crippen LogP contribution in [0.5, 0.6) is 5.75 Å². The van der Waals surface area contributed by atoms with Crippen LogP contribution < -0.4 is 9.46 Å². The SMILES string of the molecule is CC(C)S(=O)(=O)NC1COC[C@@H]1Oc1ccc(-c2ccsc2)cc1. The van der Waals surface area contributed by atoms with Gasteiger partial charge < -0.3 is 9.47 Å². The summed E-state index contributed by atoms with van der Waals surface area (Å²) in [5.74, 6) is 0.707. The van der Waals surface area contributed by atoms with Crippen LogP contribution >= 0.6 is 11.3 Å². The molecule has 24 heavy (non-hydrogen) atoms. The summed E-state index contributed by atoms with van der Waals surface area (Å²) in [5, 5.41) is 3.65. The number of benzene rings is 1. The highest BCUT2D eigenvalue weighted by molar-refractivity contribution is 7.90. The second-order valence-corrected chi connectivity index (χ2v) is 9.10. The third-order valence-electron chi connectivity index (χ3n) is 3.96. The van der Waals surface area contributed by atoms with Crippen LogP contribution in [-0.2, 0) is 14.8 Å². The number of thiophene rings is 1. The van der Waals surface area contributed by atoms with Crippen molar-refractivity contribution in [1.29, 1.82) is 0 Å². The van der Waals surface area contributed by atoms with Crippen molar-refractivity contribution in [3.8, 4) is 16.9 Å². The van der Waals surface area contributed by atoms with E-state index in [1.54, 1.807) is 25.2 Å². The van der Waals surface area contributed by atoms with Crippen LogP contribution in [0.1, 0.15) is 13.8 Å². The molecule has 1 N–H and O–H groups in total. The molecule has 3 rings (SSSR count). The minimum absolute atomic E-state index is 0.323. The van der Waals surface area contributed by atoms with E-state index in [2.05, 4.69) is 16.2 Å². The first kappa shape index (κ1) is 17.4. The summed E-state index contributed by atoms with van der Waals surface area (Å²) in [5.41, 5.74) is 2.31. The first-order valence-corrected chi connectivity index (χ1v) is 10.3. The van der Waals surface area contributed by atoms with E-state index in [4.69, 9.17) is 9.47 Å². The average molecular weight is 367 g/mol. The largest absolute Gasteiger partial charge is 0.486 e. The Bertz CT molecular complexity index is 754. The fraction of sp³-hybridized carbons (Fsp3) is 0.412. The highest BCUT2D eigenvalue weighted by atomic mass is 32.2. The third-order valence-corrected chi connectivity index (χ3v) is 6.52. The number of rotatable bonds is 6. The van der Waals surface area contributed by atoms with Crippen LogP contribution in [0.3, 0.4) is 0 Å². The molecule has 1 fully saturated rings. The fourth-order valence-corrected chi connectivity index (χ4v) is 4.02. The molecule has 130 valence electrons. The molecule has 1 saturated heterocycles. The van der Waals surface area contributed by atoms with E-state index in [1.165, 1.54) is 5.56 Å². The zero-order valence-electron chi connectivity index (χ0n) is 13.6. The minimum Gasteiger partial charge on any atom is -0.486 e. The molecule has 2 aromatic rings. The summed E-state index contributed by atoms with van der Waals surface area (Å²) in [4.78, 5) is 0. The Balaban J connectivity index is 1.66. The van der Waals surface area contributed by atoms with Crippen LogP contribution in [0, 0.1) is 0 Å². The first-order valence-electron chi connectivity index (χ1n) is 7.84. The number of sulfonamides is 1. The smallest absolute Gasteiger partial charge is 0.214 e. The second-order valence-electron chi connectivity index (χ2n) is 6.05. The van der Waals surface area contributed by atoms with Crippen molar-refractivity contribution in [3.05, 3.63) is 41.1 Å². The normalized spacial score (nSPS) is 21.3. The number of hydrogen-bond donors (Lipinski definition) is 1. The van der Waals surface area contributed by atoms with Crippen LogP contribution in [0.15, 0.2) is 41.1 Å². The summed E-state index contributed by atoms with van der Waals surface area (Å²) in [6.07, 6.45) is -0.328. The summed E-state index contributed by atoms with van der Waals surface area (Å²) in [7, 11) is -3.35. The Hall–Kier alpha value is -1.41. The predicted octanol–water partition coefficient (Wildman–Crippen LogP) is 2.89. The van der Waals surface area contributed by atoms with Gasteiger partial charge in [-0.05, 0) is 53.9 Å². The molecule has 1 aromatic carbocycles. The van der Waals surface area contributed by atoms with E-state index in [1.807, 2.05) is 29.6 Å². The van der Waals surface area contributed by atoms with Gasteiger partial charge in [-0.2, -0.15) is 11.3 Å². The van der Waals surface area contributed by atoms with Gasteiger partial charge in [0.2, 0.25) is 10.0 Å². The van der Waals surface area contributed by atoms with E-state index in [0.29, 0.717) is 19.0 Å². The van der Waals surface area contributed by atoms with Gasteiger partial charge in [-0.15, -0.1) is 0 Å². The molecule has 0 saturated carbocycles. The topological polar surface area (TPSA) is 64.6 Å². The maximum atomic E-state index is 12.0. The number of ether oxygens (including phenoxy) is 2. The molecule has 7 heteroatoms. The van der Waals surface area contributed by atoms with Crippen molar-refractivity contribution in [2.75, 3.05) is 13.2 Å². The predicted molar refractivity (Wildman–Crippen MR) is 96.0 cm³/mol. The molecule has 0 spiro atoms. The lowest BCUT2D eigenvalue weighted by atomic mass is 10.1. The summed E-state index contributed by atoms with van der Waals surface area (Å²) >= 11 is 1.66. The quantitative estimate of drug-likeness (QED) is 0.853. The van der Waals surface area contributed by atoms with Crippen LogP contribution in [0.25, 0.3) is 11.1 Å². The lowest BCUT2D eigenvalue weighted by molar-refractivity contribution is 0.140. The molecule has 5 nitrogen and oxygen atoms in total. The summed E-state index contributed by atoms with van der Waals surface area (Å²) < 4.78 is 38.1. The number of hydrogen-bond acceptors (Lipinski definition) is 5. The molecule has 0 amide bonds. The Kier molecular flexibility index (Phi) is 5.24. The Morgan fingerprint density at radius 3 is 2.54 bits per heavy atom. The molecule has 0 radical (unpaired) electrons. The summed E-state index contributed by atoms with van der Waals surface area (Å²) in [6, 6.07) is 9.51. The molecule has 1 unspecified atom stereocenters. The van der Waals surface area contributed by atoms with Gasteiger partial charge in [0.05, 0.1) is 24.5 Å². The average Bonchev–Trinajstić information content (AvgIpc) is 3.20. The fourth-order valence-electron chi connectivity index (χ4n) is 2.44. The van der Waals surface area contributed by atoms with Crippen molar-refractivity contribution >= 4 is 21.4 Å². The lowest BCUT2D eigenvalue weighted by Crippen LogP contribution is -2.47. The molecule has 1 aliphatic rings. The van der Waals surface area contributed by atoms with Gasteiger partial charge in [0.15, 0.2) is 0 Å². The lowest BCUT2D eigenvalue weighted by Gasteiger charge is -2.21. The summed E-state index contributed by atoms with van der Waals surface area (Å²) in [6.45, 7) is 4.00. The van der Waals surface area contributed by atoms with Gasteiger partial charge in [0.25, 0.3) is 0 Å².